The van der Waals surface area contributed by atoms with E-state index in [-0.39, 0.29) is 22.0 Å². The van der Waals surface area contributed by atoms with Crippen LogP contribution < -0.4 is 11.0 Å². The summed E-state index contributed by atoms with van der Waals surface area (Å²) in [5.74, 6) is -0.470. The summed E-state index contributed by atoms with van der Waals surface area (Å²) in [6.45, 7) is 5.29. The topological polar surface area (TPSA) is 102 Å². The van der Waals surface area contributed by atoms with Gasteiger partial charge in [-0.25, -0.2) is 4.98 Å². The van der Waals surface area contributed by atoms with Gasteiger partial charge in [0.1, 0.15) is 17.4 Å². The molecule has 0 unspecified atom stereocenters. The van der Waals surface area contributed by atoms with Crippen molar-refractivity contribution in [3.63, 3.8) is 0 Å². The van der Waals surface area contributed by atoms with E-state index in [9.17, 15) is 14.9 Å². The molecule has 0 N–H and O–H groups in total. The molecule has 166 valence electrons. The lowest BCUT2D eigenvalue weighted by molar-refractivity contribution is 0.0997. The molecule has 4 rings (SSSR count). The summed E-state index contributed by atoms with van der Waals surface area (Å²) >= 11 is 0. The largest absolute Gasteiger partial charge is 0.382 e. The second-order valence-electron chi connectivity index (χ2n) is 7.56. The van der Waals surface area contributed by atoms with Crippen molar-refractivity contribution in [2.45, 2.75) is 26.8 Å². The van der Waals surface area contributed by atoms with Crippen LogP contribution >= 0.6 is 0 Å². The Labute approximate surface area is 190 Å². The number of nitrogens with zero attached hydrogens (tertiary/aromatic N) is 5. The Morgan fingerprint density at radius 1 is 1.21 bits per heavy atom. The minimum absolute atomic E-state index is 0.133. The van der Waals surface area contributed by atoms with Crippen LogP contribution in [0.5, 0.6) is 0 Å². The standard InChI is InChI=1S/C25H23N5O3/c1-3-33-14-6-13-30-22(28-24(31)18-10-8-17(2)9-11-18)19(16-26)15-20-23(30)27-21-7-4-5-12-29(21)25(20)32/h4-5,7-12,15H,3,6,13-14H2,1-2H3. The Hall–Kier alpha value is -4.09. The summed E-state index contributed by atoms with van der Waals surface area (Å²) in [4.78, 5) is 35.1. The highest BCUT2D eigenvalue weighted by Gasteiger charge is 2.15. The van der Waals surface area contributed by atoms with Gasteiger partial charge >= 0.3 is 0 Å². The van der Waals surface area contributed by atoms with Crippen LogP contribution in [0.1, 0.15) is 34.8 Å². The average Bonchev–Trinajstić information content (AvgIpc) is 2.83. The van der Waals surface area contributed by atoms with Gasteiger partial charge in [-0.1, -0.05) is 23.8 Å². The lowest BCUT2D eigenvalue weighted by atomic mass is 10.1. The molecule has 0 spiro atoms. The van der Waals surface area contributed by atoms with Crippen LogP contribution in [0.2, 0.25) is 0 Å². The Morgan fingerprint density at radius 2 is 2.00 bits per heavy atom. The van der Waals surface area contributed by atoms with E-state index in [0.717, 1.165) is 5.56 Å². The number of aromatic nitrogens is 3. The minimum Gasteiger partial charge on any atom is -0.382 e. The number of nitriles is 1. The second-order valence-corrected chi connectivity index (χ2v) is 7.56. The zero-order valence-electron chi connectivity index (χ0n) is 18.5. The van der Waals surface area contributed by atoms with Crippen LogP contribution in [0.3, 0.4) is 0 Å². The van der Waals surface area contributed by atoms with Crippen LogP contribution in [0.15, 0.2) is 64.5 Å². The number of fused-ring (bicyclic) bond motifs is 2. The molecule has 3 aromatic heterocycles. The zero-order valence-corrected chi connectivity index (χ0v) is 18.5. The fraction of sp³-hybridized carbons (Fsp3) is 0.240. The molecule has 0 bridgehead atoms. The van der Waals surface area contributed by atoms with Crippen molar-refractivity contribution in [2.24, 2.45) is 4.99 Å². The number of carbonyl (C=O) groups is 1. The first kappa shape index (κ1) is 22.1. The van der Waals surface area contributed by atoms with E-state index < -0.39 is 5.91 Å². The summed E-state index contributed by atoms with van der Waals surface area (Å²) in [7, 11) is 0. The highest BCUT2D eigenvalue weighted by atomic mass is 16.5. The van der Waals surface area contributed by atoms with Gasteiger partial charge in [-0.15, -0.1) is 0 Å². The lowest BCUT2D eigenvalue weighted by Gasteiger charge is -2.13. The van der Waals surface area contributed by atoms with Gasteiger partial charge in [0, 0.05) is 31.5 Å². The number of hydrogen-bond donors (Lipinski definition) is 0. The third-order valence-corrected chi connectivity index (χ3v) is 5.29. The van der Waals surface area contributed by atoms with Crippen molar-refractivity contribution in [3.05, 3.63) is 87.3 Å². The molecule has 8 heteroatoms. The first-order valence-electron chi connectivity index (χ1n) is 10.7. The maximum Gasteiger partial charge on any atom is 0.278 e. The number of ether oxygens (including phenoxy) is 1. The fourth-order valence-corrected chi connectivity index (χ4v) is 3.62. The van der Waals surface area contributed by atoms with Gasteiger partial charge in [-0.2, -0.15) is 10.3 Å². The summed E-state index contributed by atoms with van der Waals surface area (Å²) < 4.78 is 8.56. The lowest BCUT2D eigenvalue weighted by Crippen LogP contribution is -2.30. The van der Waals surface area contributed by atoms with Crippen molar-refractivity contribution in [3.8, 4) is 6.07 Å². The van der Waals surface area contributed by atoms with Crippen LogP contribution in [-0.4, -0.2) is 33.1 Å². The Kier molecular flexibility index (Phi) is 6.43. The Morgan fingerprint density at radius 3 is 2.73 bits per heavy atom. The number of benzene rings is 1. The number of hydrogen-bond acceptors (Lipinski definition) is 5. The highest BCUT2D eigenvalue weighted by molar-refractivity contribution is 5.95. The van der Waals surface area contributed by atoms with E-state index in [4.69, 9.17) is 4.74 Å². The summed E-state index contributed by atoms with van der Waals surface area (Å²) in [5, 5.41) is 10.1. The van der Waals surface area contributed by atoms with Crippen molar-refractivity contribution >= 4 is 22.6 Å². The molecule has 0 fully saturated rings. The molecule has 8 nitrogen and oxygen atoms in total. The quantitative estimate of drug-likeness (QED) is 0.338. The van der Waals surface area contributed by atoms with Gasteiger partial charge in [-0.05, 0) is 50.6 Å². The smallest absolute Gasteiger partial charge is 0.278 e. The SMILES string of the molecule is CCOCCCn1c(=NC(=O)c2ccc(C)cc2)c(C#N)cc2c(=O)n3ccccc3nc21. The number of rotatable bonds is 6. The predicted octanol–water partition coefficient (Wildman–Crippen LogP) is 3.00. The molecule has 3 heterocycles. The van der Waals surface area contributed by atoms with E-state index in [2.05, 4.69) is 16.0 Å². The van der Waals surface area contributed by atoms with Gasteiger partial charge in [0.05, 0.1) is 10.9 Å². The van der Waals surface area contributed by atoms with Crippen LogP contribution in [0.25, 0.3) is 16.7 Å². The summed E-state index contributed by atoms with van der Waals surface area (Å²) in [5.41, 5.74) is 2.30. The summed E-state index contributed by atoms with van der Waals surface area (Å²) in [6.07, 6.45) is 2.23. The molecule has 4 aromatic rings. The molecule has 0 atom stereocenters. The predicted molar refractivity (Wildman–Crippen MR) is 124 cm³/mol. The normalized spacial score (nSPS) is 11.7. The molecular weight excluding hydrogens is 418 g/mol. The molecular formula is C25H23N5O3. The van der Waals surface area contributed by atoms with E-state index in [0.29, 0.717) is 43.0 Å². The van der Waals surface area contributed by atoms with E-state index in [1.54, 1.807) is 41.1 Å². The van der Waals surface area contributed by atoms with Gasteiger partial charge in [0.2, 0.25) is 0 Å². The van der Waals surface area contributed by atoms with Crippen molar-refractivity contribution < 1.29 is 9.53 Å². The van der Waals surface area contributed by atoms with Crippen LogP contribution in [-0.2, 0) is 11.3 Å². The number of aryl methyl sites for hydroxylation is 2. The van der Waals surface area contributed by atoms with Crippen molar-refractivity contribution in [1.82, 2.24) is 14.0 Å². The third-order valence-electron chi connectivity index (χ3n) is 5.29. The van der Waals surface area contributed by atoms with Gasteiger partial charge in [0.15, 0.2) is 5.49 Å². The molecule has 0 aliphatic heterocycles. The van der Waals surface area contributed by atoms with Crippen molar-refractivity contribution in [2.75, 3.05) is 13.2 Å². The van der Waals surface area contributed by atoms with Crippen LogP contribution in [0, 0.1) is 18.3 Å². The Balaban J connectivity index is 2.00. The molecule has 0 saturated carbocycles. The zero-order chi connectivity index (χ0) is 23.4. The average molecular weight is 441 g/mol. The van der Waals surface area contributed by atoms with Gasteiger partial charge < -0.3 is 9.30 Å². The third kappa shape index (κ3) is 4.45. The maximum atomic E-state index is 13.1. The number of amides is 1. The van der Waals surface area contributed by atoms with E-state index >= 15 is 0 Å². The number of pyridine rings is 2. The first-order valence-corrected chi connectivity index (χ1v) is 10.7. The van der Waals surface area contributed by atoms with E-state index in [1.807, 2.05) is 26.0 Å². The highest BCUT2D eigenvalue weighted by Crippen LogP contribution is 2.11. The maximum absolute atomic E-state index is 13.1. The summed E-state index contributed by atoms with van der Waals surface area (Å²) in [6, 6.07) is 15.9. The number of carbonyl (C=O) groups excluding carboxylic acids is 1. The van der Waals surface area contributed by atoms with Gasteiger partial charge in [-0.3, -0.25) is 14.0 Å². The molecule has 1 amide bonds. The van der Waals surface area contributed by atoms with Crippen LogP contribution in [0.4, 0.5) is 0 Å². The van der Waals surface area contributed by atoms with Gasteiger partial charge in [0.25, 0.3) is 11.5 Å². The minimum atomic E-state index is -0.470. The first-order chi connectivity index (χ1) is 16.0. The Bertz CT molecular complexity index is 1510. The molecule has 0 aliphatic carbocycles. The molecule has 0 aliphatic rings. The molecule has 1 aromatic carbocycles. The fourth-order valence-electron chi connectivity index (χ4n) is 3.62. The monoisotopic (exact) mass is 441 g/mol. The molecule has 0 saturated heterocycles. The molecule has 33 heavy (non-hydrogen) atoms. The second kappa shape index (κ2) is 9.59. The van der Waals surface area contributed by atoms with E-state index in [1.165, 1.54) is 10.5 Å². The molecule has 0 radical (unpaired) electrons. The van der Waals surface area contributed by atoms with Crippen molar-refractivity contribution in [1.29, 1.82) is 5.26 Å².